The van der Waals surface area contributed by atoms with E-state index in [0.29, 0.717) is 0 Å². The van der Waals surface area contributed by atoms with Crippen molar-refractivity contribution in [2.75, 3.05) is 19.9 Å². The molecule has 0 spiro atoms. The quantitative estimate of drug-likeness (QED) is 0.583. The summed E-state index contributed by atoms with van der Waals surface area (Å²) in [7, 11) is 2.12. The number of hydrogen-bond donors (Lipinski definition) is 0. The minimum Gasteiger partial charge on any atom is -0.376 e. The molecule has 1 aromatic carbocycles. The van der Waals surface area contributed by atoms with Gasteiger partial charge in [-0.05, 0) is 43.8 Å². The van der Waals surface area contributed by atoms with Gasteiger partial charge in [0.25, 0.3) is 0 Å². The van der Waals surface area contributed by atoms with E-state index in [1.807, 2.05) is 18.5 Å². The maximum absolute atomic E-state index is 5.82. The average molecular weight is 384 g/mol. The number of aromatic nitrogens is 4. The van der Waals surface area contributed by atoms with E-state index in [9.17, 15) is 0 Å². The largest absolute Gasteiger partial charge is 0.376 e. The number of nitrogens with zero attached hydrogens (tertiary/aromatic N) is 5. The number of fused-ring (bicyclic) bond motifs is 1. The molecule has 0 amide bonds. The first kappa shape index (κ1) is 18.4. The maximum Gasteiger partial charge on any atom is 0.191 e. The first-order chi connectivity index (χ1) is 13.2. The second kappa shape index (κ2) is 8.37. The Bertz CT molecular complexity index is 901. The van der Waals surface area contributed by atoms with E-state index in [2.05, 4.69) is 56.0 Å². The molecular weight excluding hydrogens is 358 g/mol. The number of rotatable bonds is 7. The molecule has 1 aliphatic heterocycles. The Hall–Kier alpha value is -1.96. The van der Waals surface area contributed by atoms with E-state index in [4.69, 9.17) is 4.74 Å². The number of hydrogen-bond acceptors (Lipinski definition) is 6. The van der Waals surface area contributed by atoms with Crippen molar-refractivity contribution in [1.29, 1.82) is 0 Å². The van der Waals surface area contributed by atoms with E-state index >= 15 is 0 Å². The minimum absolute atomic E-state index is 0.278. The molecule has 1 fully saturated rings. The summed E-state index contributed by atoms with van der Waals surface area (Å²) in [5, 5.41) is 11.0. The second-order valence-electron chi connectivity index (χ2n) is 7.01. The van der Waals surface area contributed by atoms with Gasteiger partial charge in [-0.1, -0.05) is 30.0 Å². The van der Waals surface area contributed by atoms with Gasteiger partial charge in [0, 0.05) is 24.7 Å². The molecule has 142 valence electrons. The molecule has 4 rings (SSSR count). The zero-order valence-corrected chi connectivity index (χ0v) is 16.7. The Kier molecular flexibility index (Phi) is 5.71. The highest BCUT2D eigenvalue weighted by atomic mass is 32.2. The Morgan fingerprint density at radius 3 is 2.96 bits per heavy atom. The molecule has 1 aliphatic rings. The highest BCUT2D eigenvalue weighted by molar-refractivity contribution is 7.98. The van der Waals surface area contributed by atoms with Gasteiger partial charge in [0.05, 0.1) is 24.7 Å². The number of ether oxygens (including phenoxy) is 1. The van der Waals surface area contributed by atoms with Gasteiger partial charge in [-0.25, -0.2) is 0 Å². The first-order valence-electron chi connectivity index (χ1n) is 9.33. The summed E-state index contributed by atoms with van der Waals surface area (Å²) in [5.41, 5.74) is 2.31. The second-order valence-corrected chi connectivity index (χ2v) is 7.78. The lowest BCUT2D eigenvalue weighted by Gasteiger charge is -2.19. The van der Waals surface area contributed by atoms with Crippen molar-refractivity contribution in [2.24, 2.45) is 0 Å². The summed E-state index contributed by atoms with van der Waals surface area (Å²) in [5.74, 6) is 0.996. The fraction of sp³-hybridized carbons (Fsp3) is 0.450. The van der Waals surface area contributed by atoms with Crippen LogP contribution in [-0.2, 0) is 24.4 Å². The minimum atomic E-state index is 0.278. The highest BCUT2D eigenvalue weighted by Crippen LogP contribution is 2.22. The van der Waals surface area contributed by atoms with Crippen molar-refractivity contribution in [3.63, 3.8) is 0 Å². The van der Waals surface area contributed by atoms with Crippen LogP contribution in [0.25, 0.3) is 10.9 Å². The van der Waals surface area contributed by atoms with E-state index < -0.39 is 0 Å². The molecule has 1 unspecified atom stereocenters. The fourth-order valence-corrected chi connectivity index (χ4v) is 4.18. The molecule has 0 N–H and O–H groups in total. The van der Waals surface area contributed by atoms with Crippen LogP contribution in [0.3, 0.4) is 0 Å². The number of pyridine rings is 1. The Morgan fingerprint density at radius 1 is 1.22 bits per heavy atom. The van der Waals surface area contributed by atoms with Crippen molar-refractivity contribution < 1.29 is 4.74 Å². The van der Waals surface area contributed by atoms with Crippen LogP contribution in [-0.4, -0.2) is 50.7 Å². The van der Waals surface area contributed by atoms with Gasteiger partial charge in [-0.3, -0.25) is 9.88 Å². The smallest absolute Gasteiger partial charge is 0.191 e. The SMILES string of the molecule is CSc1nnc(CN(C)Cc2cccc3ncccc23)n1CC1CCCO1. The van der Waals surface area contributed by atoms with Crippen LogP contribution in [0.4, 0.5) is 0 Å². The van der Waals surface area contributed by atoms with E-state index in [0.717, 1.165) is 55.6 Å². The highest BCUT2D eigenvalue weighted by Gasteiger charge is 2.21. The lowest BCUT2D eigenvalue weighted by atomic mass is 10.1. The molecule has 27 heavy (non-hydrogen) atoms. The van der Waals surface area contributed by atoms with Gasteiger partial charge in [0.2, 0.25) is 0 Å². The lowest BCUT2D eigenvalue weighted by molar-refractivity contribution is 0.0934. The van der Waals surface area contributed by atoms with Gasteiger partial charge in [-0.15, -0.1) is 10.2 Å². The van der Waals surface area contributed by atoms with Crippen molar-refractivity contribution >= 4 is 22.7 Å². The number of benzene rings is 1. The van der Waals surface area contributed by atoms with Gasteiger partial charge >= 0.3 is 0 Å². The molecular formula is C20H25N5OS. The molecule has 7 heteroatoms. The molecule has 6 nitrogen and oxygen atoms in total. The van der Waals surface area contributed by atoms with Gasteiger partial charge in [-0.2, -0.15) is 0 Å². The van der Waals surface area contributed by atoms with Gasteiger partial charge < -0.3 is 9.30 Å². The molecule has 1 atom stereocenters. The predicted molar refractivity (Wildman–Crippen MR) is 108 cm³/mol. The van der Waals surface area contributed by atoms with Crippen LogP contribution >= 0.6 is 11.8 Å². The van der Waals surface area contributed by atoms with Gasteiger partial charge in [0.1, 0.15) is 5.82 Å². The Labute approximate surface area is 163 Å². The monoisotopic (exact) mass is 383 g/mol. The summed E-state index contributed by atoms with van der Waals surface area (Å²) >= 11 is 1.64. The van der Waals surface area contributed by atoms with Crippen LogP contribution < -0.4 is 0 Å². The summed E-state index contributed by atoms with van der Waals surface area (Å²) < 4.78 is 8.05. The molecule has 3 aromatic rings. The van der Waals surface area contributed by atoms with Crippen LogP contribution in [0.15, 0.2) is 41.7 Å². The molecule has 3 heterocycles. The van der Waals surface area contributed by atoms with E-state index in [1.54, 1.807) is 11.8 Å². The molecule has 0 saturated carbocycles. The van der Waals surface area contributed by atoms with Crippen molar-refractivity contribution in [3.8, 4) is 0 Å². The van der Waals surface area contributed by atoms with Crippen LogP contribution in [0.1, 0.15) is 24.2 Å². The third-order valence-electron chi connectivity index (χ3n) is 4.97. The Morgan fingerprint density at radius 2 is 2.15 bits per heavy atom. The molecule has 0 radical (unpaired) electrons. The summed E-state index contributed by atoms with van der Waals surface area (Å²) in [6.45, 7) is 3.29. The molecule has 0 aliphatic carbocycles. The summed E-state index contributed by atoms with van der Waals surface area (Å²) in [6, 6.07) is 10.4. The Balaban J connectivity index is 1.50. The van der Waals surface area contributed by atoms with Crippen molar-refractivity contribution in [3.05, 3.63) is 47.9 Å². The van der Waals surface area contributed by atoms with Crippen LogP contribution in [0.2, 0.25) is 0 Å². The van der Waals surface area contributed by atoms with Crippen molar-refractivity contribution in [1.82, 2.24) is 24.6 Å². The predicted octanol–water partition coefficient (Wildman–Crippen LogP) is 3.36. The summed E-state index contributed by atoms with van der Waals surface area (Å²) in [6.07, 6.45) is 6.43. The zero-order valence-electron chi connectivity index (χ0n) is 15.8. The van der Waals surface area contributed by atoms with E-state index in [-0.39, 0.29) is 6.10 Å². The normalized spacial score (nSPS) is 17.2. The van der Waals surface area contributed by atoms with E-state index in [1.165, 1.54) is 10.9 Å². The van der Waals surface area contributed by atoms with Gasteiger partial charge in [0.15, 0.2) is 5.16 Å². The molecule has 1 saturated heterocycles. The maximum atomic E-state index is 5.82. The number of thioether (sulfide) groups is 1. The standard InChI is InChI=1S/C20H25N5OS/c1-24(12-15-6-3-9-18-17(15)8-4-10-21-18)14-19-22-23-20(27-2)25(19)13-16-7-5-11-26-16/h3-4,6,8-10,16H,5,7,11-14H2,1-2H3. The molecule has 2 aromatic heterocycles. The van der Waals surface area contributed by atoms with Crippen LogP contribution in [0.5, 0.6) is 0 Å². The third-order valence-corrected chi connectivity index (χ3v) is 5.64. The summed E-state index contributed by atoms with van der Waals surface area (Å²) in [4.78, 5) is 6.74. The third kappa shape index (κ3) is 4.15. The molecule has 0 bridgehead atoms. The lowest BCUT2D eigenvalue weighted by Crippen LogP contribution is -2.23. The topological polar surface area (TPSA) is 56.1 Å². The van der Waals surface area contributed by atoms with Crippen LogP contribution in [0, 0.1) is 0 Å². The average Bonchev–Trinajstić information content (AvgIpc) is 3.33. The zero-order chi connectivity index (χ0) is 18.6. The van der Waals surface area contributed by atoms with Crippen molar-refractivity contribution in [2.45, 2.75) is 43.7 Å². The fourth-order valence-electron chi connectivity index (χ4n) is 3.66. The first-order valence-corrected chi connectivity index (χ1v) is 10.6.